The molecule has 0 bridgehead atoms. The summed E-state index contributed by atoms with van der Waals surface area (Å²) in [6, 6.07) is 1.65. The summed E-state index contributed by atoms with van der Waals surface area (Å²) in [6.45, 7) is 0. The van der Waals surface area contributed by atoms with Crippen LogP contribution in [0, 0.1) is 4.91 Å². The van der Waals surface area contributed by atoms with E-state index in [1.807, 2.05) is 12.2 Å². The first-order valence-corrected chi connectivity index (χ1v) is 3.95. The fourth-order valence-electron chi connectivity index (χ4n) is 1.31. The molecule has 3 heteroatoms. The number of nitrogens with zero attached hydrogens (tertiary/aromatic N) is 2. The Labute approximate surface area is 70.0 Å². The maximum Gasteiger partial charge on any atom is 0.265 e. The van der Waals surface area contributed by atoms with Crippen molar-refractivity contribution < 1.29 is 4.43 Å². The first-order chi connectivity index (χ1) is 5.88. The van der Waals surface area contributed by atoms with Crippen LogP contribution in [0.5, 0.6) is 0 Å². The normalized spacial score (nSPS) is 14.0. The quantitative estimate of drug-likeness (QED) is 0.531. The van der Waals surface area contributed by atoms with Crippen LogP contribution in [-0.4, -0.2) is 4.98 Å². The van der Waals surface area contributed by atoms with Gasteiger partial charge in [-0.15, -0.1) is 0 Å². The van der Waals surface area contributed by atoms with Gasteiger partial charge in [0.25, 0.3) is 5.69 Å². The van der Waals surface area contributed by atoms with Gasteiger partial charge in [0, 0.05) is 23.6 Å². The van der Waals surface area contributed by atoms with Gasteiger partial charge in [0.05, 0.1) is 4.43 Å². The van der Waals surface area contributed by atoms with Crippen molar-refractivity contribution in [3.63, 3.8) is 0 Å². The Morgan fingerprint density at radius 1 is 1.50 bits per heavy atom. The van der Waals surface area contributed by atoms with Crippen LogP contribution in [0.15, 0.2) is 24.5 Å². The molecule has 3 nitrogen and oxygen atoms in total. The number of hydrogen-bond donors (Lipinski definition) is 0. The number of aromatic nitrogens is 2. The third kappa shape index (κ3) is 1.13. The summed E-state index contributed by atoms with van der Waals surface area (Å²) in [5.74, 6) is 0. The van der Waals surface area contributed by atoms with Crippen LogP contribution in [-0.2, 0) is 6.42 Å². The van der Waals surface area contributed by atoms with Crippen LogP contribution in [0.3, 0.4) is 0 Å². The Bertz CT molecular complexity index is 385. The first kappa shape index (κ1) is 7.16. The van der Waals surface area contributed by atoms with Crippen molar-refractivity contribution in [2.24, 2.45) is 0 Å². The van der Waals surface area contributed by atoms with E-state index in [-0.39, 0.29) is 0 Å². The second-order valence-electron chi connectivity index (χ2n) is 2.72. The van der Waals surface area contributed by atoms with Crippen molar-refractivity contribution in [2.75, 3.05) is 0 Å². The molecule has 0 atom stereocenters. The summed E-state index contributed by atoms with van der Waals surface area (Å²) in [5, 5.41) is 0. The highest BCUT2D eigenvalue weighted by Gasteiger charge is 2.14. The standard InChI is InChI=1S/C9H9N2O/c12-11-7-3-6-10-8-4-1-2-5-9(8)11/h1,3-4,6-7H,2,5H2/q+1. The second-order valence-corrected chi connectivity index (χ2v) is 2.72. The van der Waals surface area contributed by atoms with Crippen molar-refractivity contribution in [2.45, 2.75) is 12.8 Å². The predicted molar refractivity (Wildman–Crippen MR) is 45.0 cm³/mol. The summed E-state index contributed by atoms with van der Waals surface area (Å²) in [7, 11) is 0. The molecule has 1 aromatic rings. The van der Waals surface area contributed by atoms with Gasteiger partial charge < -0.3 is 0 Å². The minimum atomic E-state index is 0.766. The Balaban J connectivity index is 2.75. The maximum atomic E-state index is 11.3. The Kier molecular flexibility index (Phi) is 1.70. The molecule has 0 fully saturated rings. The monoisotopic (exact) mass is 161 g/mol. The molecule has 1 aliphatic rings. The van der Waals surface area contributed by atoms with Crippen molar-refractivity contribution in [3.8, 4) is 0 Å². The molecule has 1 aromatic heterocycles. The molecule has 0 N–H and O–H groups in total. The van der Waals surface area contributed by atoms with E-state index in [0.29, 0.717) is 0 Å². The van der Waals surface area contributed by atoms with Crippen LogP contribution in [0.2, 0.25) is 0 Å². The van der Waals surface area contributed by atoms with Crippen LogP contribution >= 0.6 is 0 Å². The third-order valence-corrected chi connectivity index (χ3v) is 1.91. The van der Waals surface area contributed by atoms with Gasteiger partial charge in [0.1, 0.15) is 5.69 Å². The molecule has 1 aliphatic carbocycles. The Hall–Kier alpha value is -1.51. The van der Waals surface area contributed by atoms with Gasteiger partial charge in [0.2, 0.25) is 6.20 Å². The molecule has 0 unspecified atom stereocenters. The molecule has 0 amide bonds. The van der Waals surface area contributed by atoms with E-state index in [0.717, 1.165) is 28.7 Å². The van der Waals surface area contributed by atoms with E-state index in [9.17, 15) is 4.91 Å². The summed E-state index contributed by atoms with van der Waals surface area (Å²) < 4.78 is 0.895. The SMILES string of the molecule is O=[n+]1cccnc2c1CCC=C2. The Morgan fingerprint density at radius 2 is 2.42 bits per heavy atom. The van der Waals surface area contributed by atoms with Gasteiger partial charge in [-0.3, -0.25) is 0 Å². The van der Waals surface area contributed by atoms with Crippen LogP contribution in [0.25, 0.3) is 6.08 Å². The fraction of sp³-hybridized carbons (Fsp3) is 0.222. The first-order valence-electron chi connectivity index (χ1n) is 3.95. The fourth-order valence-corrected chi connectivity index (χ4v) is 1.31. The highest BCUT2D eigenvalue weighted by atomic mass is 16.3. The second kappa shape index (κ2) is 2.85. The van der Waals surface area contributed by atoms with Gasteiger partial charge in [-0.2, -0.15) is 0 Å². The van der Waals surface area contributed by atoms with Crippen molar-refractivity contribution in [1.29, 1.82) is 0 Å². The minimum absolute atomic E-state index is 0.766. The zero-order chi connectivity index (χ0) is 8.39. The lowest BCUT2D eigenvalue weighted by atomic mass is 10.1. The molecular formula is C9H9N2O+. The van der Waals surface area contributed by atoms with Gasteiger partial charge in [-0.05, 0) is 12.5 Å². The number of rotatable bonds is 0. The van der Waals surface area contributed by atoms with Crippen LogP contribution in [0.1, 0.15) is 17.8 Å². The number of allylic oxidation sites excluding steroid dienone is 1. The minimum Gasteiger partial charge on any atom is -0.250 e. The van der Waals surface area contributed by atoms with Crippen molar-refractivity contribution in [1.82, 2.24) is 4.98 Å². The average molecular weight is 161 g/mol. The van der Waals surface area contributed by atoms with E-state index in [4.69, 9.17) is 0 Å². The molecule has 0 saturated carbocycles. The summed E-state index contributed by atoms with van der Waals surface area (Å²) in [5.41, 5.74) is 1.56. The van der Waals surface area contributed by atoms with Gasteiger partial charge in [-0.25, -0.2) is 4.98 Å². The summed E-state index contributed by atoms with van der Waals surface area (Å²) >= 11 is 0. The molecule has 2 rings (SSSR count). The maximum absolute atomic E-state index is 11.3. The van der Waals surface area contributed by atoms with Gasteiger partial charge >= 0.3 is 0 Å². The topological polar surface area (TPSA) is 35.9 Å². The zero-order valence-electron chi connectivity index (χ0n) is 6.60. The molecule has 0 radical (unpaired) electrons. The molecule has 60 valence electrons. The number of fused-ring (bicyclic) bond motifs is 1. The predicted octanol–water partition coefficient (Wildman–Crippen LogP) is 0.956. The van der Waals surface area contributed by atoms with Crippen LogP contribution < -0.4 is 4.43 Å². The molecule has 12 heavy (non-hydrogen) atoms. The van der Waals surface area contributed by atoms with E-state index < -0.39 is 0 Å². The number of hydrogen-bond acceptors (Lipinski definition) is 2. The lowest BCUT2D eigenvalue weighted by molar-refractivity contribution is -0.504. The van der Waals surface area contributed by atoms with Crippen molar-refractivity contribution >= 4 is 6.08 Å². The highest BCUT2D eigenvalue weighted by Crippen LogP contribution is 2.10. The van der Waals surface area contributed by atoms with E-state index >= 15 is 0 Å². The smallest absolute Gasteiger partial charge is 0.250 e. The molecule has 0 saturated heterocycles. The molecule has 0 aliphatic heterocycles. The van der Waals surface area contributed by atoms with Gasteiger partial charge in [-0.1, -0.05) is 6.08 Å². The highest BCUT2D eigenvalue weighted by molar-refractivity contribution is 5.47. The van der Waals surface area contributed by atoms with Gasteiger partial charge in [0.15, 0.2) is 0 Å². The van der Waals surface area contributed by atoms with E-state index in [2.05, 4.69) is 4.98 Å². The molecule has 1 heterocycles. The summed E-state index contributed by atoms with van der Waals surface area (Å²) in [6.07, 6.45) is 8.79. The van der Waals surface area contributed by atoms with Crippen molar-refractivity contribution in [3.05, 3.63) is 40.8 Å². The van der Waals surface area contributed by atoms with Crippen LogP contribution in [0.4, 0.5) is 0 Å². The third-order valence-electron chi connectivity index (χ3n) is 1.91. The van der Waals surface area contributed by atoms with E-state index in [1.165, 1.54) is 6.20 Å². The molecular weight excluding hydrogens is 152 g/mol. The summed E-state index contributed by atoms with van der Waals surface area (Å²) in [4.78, 5) is 15.4. The lowest BCUT2D eigenvalue weighted by Gasteiger charge is -1.96. The largest absolute Gasteiger partial charge is 0.265 e. The molecule has 0 spiro atoms. The lowest BCUT2D eigenvalue weighted by Crippen LogP contribution is -2.20. The molecule has 0 aromatic carbocycles. The zero-order valence-corrected chi connectivity index (χ0v) is 6.60. The Morgan fingerprint density at radius 3 is 3.33 bits per heavy atom. The van der Waals surface area contributed by atoms with E-state index in [1.54, 1.807) is 12.3 Å². The average Bonchev–Trinajstić information content (AvgIpc) is 2.29.